The molecule has 1 aliphatic heterocycles. The first-order chi connectivity index (χ1) is 6.25. The van der Waals surface area contributed by atoms with Crippen molar-refractivity contribution in [1.29, 1.82) is 0 Å². The number of hydrogen-bond donors (Lipinski definition) is 0. The SMILES string of the molecule is CN1CCC(C(C)(C)S(=O)(=O)Cl)CC1. The highest BCUT2D eigenvalue weighted by molar-refractivity contribution is 8.14. The van der Waals surface area contributed by atoms with Crippen molar-refractivity contribution in [3.8, 4) is 0 Å². The van der Waals surface area contributed by atoms with Gasteiger partial charge in [-0.25, -0.2) is 8.42 Å². The van der Waals surface area contributed by atoms with Crippen molar-refractivity contribution in [2.24, 2.45) is 5.92 Å². The Morgan fingerprint density at radius 2 is 1.71 bits per heavy atom. The van der Waals surface area contributed by atoms with E-state index in [9.17, 15) is 8.42 Å². The van der Waals surface area contributed by atoms with Crippen LogP contribution < -0.4 is 0 Å². The third-order valence-electron chi connectivity index (χ3n) is 3.33. The molecule has 0 amide bonds. The van der Waals surface area contributed by atoms with Gasteiger partial charge in [0.2, 0.25) is 9.05 Å². The Labute approximate surface area is 90.8 Å². The molecule has 0 aromatic rings. The quantitative estimate of drug-likeness (QED) is 0.688. The van der Waals surface area contributed by atoms with Crippen LogP contribution in [0.15, 0.2) is 0 Å². The zero-order valence-corrected chi connectivity index (χ0v) is 10.5. The maximum atomic E-state index is 11.4. The van der Waals surface area contributed by atoms with Gasteiger partial charge in [0.15, 0.2) is 0 Å². The van der Waals surface area contributed by atoms with Crippen LogP contribution in [0.2, 0.25) is 0 Å². The molecule has 14 heavy (non-hydrogen) atoms. The minimum Gasteiger partial charge on any atom is -0.306 e. The standard InChI is InChI=1S/C9H18ClNO2S/c1-9(2,14(10,12)13)8-4-6-11(3)7-5-8/h8H,4-7H2,1-3H3. The molecule has 0 radical (unpaired) electrons. The number of likely N-dealkylation sites (tertiary alicyclic amines) is 1. The molecule has 3 nitrogen and oxygen atoms in total. The third kappa shape index (κ3) is 2.41. The molecule has 84 valence electrons. The van der Waals surface area contributed by atoms with Crippen LogP contribution in [-0.4, -0.2) is 38.2 Å². The van der Waals surface area contributed by atoms with E-state index in [0.717, 1.165) is 25.9 Å². The maximum absolute atomic E-state index is 11.4. The minimum absolute atomic E-state index is 0.182. The van der Waals surface area contributed by atoms with Crippen LogP contribution in [0, 0.1) is 5.92 Å². The largest absolute Gasteiger partial charge is 0.306 e. The van der Waals surface area contributed by atoms with E-state index in [2.05, 4.69) is 11.9 Å². The Hall–Kier alpha value is 0.200. The van der Waals surface area contributed by atoms with Gasteiger partial charge in [-0.3, -0.25) is 0 Å². The van der Waals surface area contributed by atoms with Crippen LogP contribution >= 0.6 is 10.7 Å². The second kappa shape index (κ2) is 3.99. The summed E-state index contributed by atoms with van der Waals surface area (Å²) in [7, 11) is 4.04. The Morgan fingerprint density at radius 1 is 1.29 bits per heavy atom. The molecular formula is C9H18ClNO2S. The molecule has 0 N–H and O–H groups in total. The van der Waals surface area contributed by atoms with Gasteiger partial charge in [0.1, 0.15) is 0 Å². The zero-order valence-electron chi connectivity index (χ0n) is 8.96. The number of halogens is 1. The van der Waals surface area contributed by atoms with Gasteiger partial charge in [-0.15, -0.1) is 0 Å². The van der Waals surface area contributed by atoms with E-state index in [0.29, 0.717) is 0 Å². The predicted octanol–water partition coefficient (Wildman–Crippen LogP) is 1.68. The summed E-state index contributed by atoms with van der Waals surface area (Å²) in [6.07, 6.45) is 1.82. The van der Waals surface area contributed by atoms with Crippen molar-refractivity contribution in [3.63, 3.8) is 0 Å². The van der Waals surface area contributed by atoms with E-state index in [-0.39, 0.29) is 5.92 Å². The first-order valence-corrected chi connectivity index (χ1v) is 7.19. The van der Waals surface area contributed by atoms with E-state index < -0.39 is 13.8 Å². The number of nitrogens with zero attached hydrogens (tertiary/aromatic N) is 1. The molecule has 0 atom stereocenters. The number of hydrogen-bond acceptors (Lipinski definition) is 3. The lowest BCUT2D eigenvalue weighted by Crippen LogP contribution is -2.43. The monoisotopic (exact) mass is 239 g/mol. The Kier molecular flexibility index (Phi) is 3.49. The molecular weight excluding hydrogens is 222 g/mol. The van der Waals surface area contributed by atoms with Crippen molar-refractivity contribution in [2.75, 3.05) is 20.1 Å². The summed E-state index contributed by atoms with van der Waals surface area (Å²) in [5, 5.41) is 0. The van der Waals surface area contributed by atoms with Crippen LogP contribution in [0.3, 0.4) is 0 Å². The predicted molar refractivity (Wildman–Crippen MR) is 59.1 cm³/mol. The van der Waals surface area contributed by atoms with Gasteiger partial charge in [-0.2, -0.15) is 0 Å². The Morgan fingerprint density at radius 3 is 2.07 bits per heavy atom. The van der Waals surface area contributed by atoms with Gasteiger partial charge in [-0.05, 0) is 52.7 Å². The molecule has 5 heteroatoms. The number of piperidine rings is 1. The fourth-order valence-corrected chi connectivity index (χ4v) is 2.91. The van der Waals surface area contributed by atoms with E-state index in [4.69, 9.17) is 10.7 Å². The van der Waals surface area contributed by atoms with Crippen molar-refractivity contribution >= 4 is 19.7 Å². The normalized spacial score (nSPS) is 22.6. The Balaban J connectivity index is 2.75. The summed E-state index contributed by atoms with van der Waals surface area (Å²) >= 11 is 0. The van der Waals surface area contributed by atoms with Crippen molar-refractivity contribution in [2.45, 2.75) is 31.4 Å². The van der Waals surface area contributed by atoms with Gasteiger partial charge in [0, 0.05) is 10.7 Å². The fraction of sp³-hybridized carbons (Fsp3) is 1.00. The molecule has 0 saturated carbocycles. The Bertz CT molecular complexity index is 292. The minimum atomic E-state index is -3.47. The summed E-state index contributed by atoms with van der Waals surface area (Å²) < 4.78 is 22.0. The molecule has 0 aromatic heterocycles. The average Bonchev–Trinajstić information content (AvgIpc) is 2.03. The highest BCUT2D eigenvalue weighted by Crippen LogP contribution is 2.35. The fourth-order valence-electron chi connectivity index (χ4n) is 1.90. The highest BCUT2D eigenvalue weighted by atomic mass is 35.7. The lowest BCUT2D eigenvalue weighted by molar-refractivity contribution is 0.194. The third-order valence-corrected chi connectivity index (χ3v) is 6.11. The van der Waals surface area contributed by atoms with E-state index in [1.165, 1.54) is 0 Å². The van der Waals surface area contributed by atoms with Crippen LogP contribution in [0.1, 0.15) is 26.7 Å². The van der Waals surface area contributed by atoms with Gasteiger partial charge >= 0.3 is 0 Å². The molecule has 0 aromatic carbocycles. The summed E-state index contributed by atoms with van der Waals surface area (Å²) in [4.78, 5) is 2.22. The molecule has 1 rings (SSSR count). The summed E-state index contributed by atoms with van der Waals surface area (Å²) in [5.74, 6) is 0.182. The average molecular weight is 240 g/mol. The molecule has 1 heterocycles. The topological polar surface area (TPSA) is 37.4 Å². The van der Waals surface area contributed by atoms with Crippen molar-refractivity contribution in [1.82, 2.24) is 4.90 Å². The van der Waals surface area contributed by atoms with Crippen LogP contribution in [0.4, 0.5) is 0 Å². The second-order valence-electron chi connectivity index (χ2n) is 4.62. The van der Waals surface area contributed by atoms with Crippen molar-refractivity contribution in [3.05, 3.63) is 0 Å². The van der Waals surface area contributed by atoms with E-state index in [1.807, 2.05) is 0 Å². The number of rotatable bonds is 2. The second-order valence-corrected chi connectivity index (χ2v) is 7.77. The van der Waals surface area contributed by atoms with Gasteiger partial charge in [0.25, 0.3) is 0 Å². The van der Waals surface area contributed by atoms with Crippen LogP contribution in [0.5, 0.6) is 0 Å². The molecule has 0 bridgehead atoms. The lowest BCUT2D eigenvalue weighted by atomic mass is 9.86. The van der Waals surface area contributed by atoms with Crippen molar-refractivity contribution < 1.29 is 8.42 Å². The first kappa shape index (κ1) is 12.3. The van der Waals surface area contributed by atoms with E-state index in [1.54, 1.807) is 13.8 Å². The summed E-state index contributed by atoms with van der Waals surface area (Å²) in [6, 6.07) is 0. The molecule has 1 aliphatic rings. The van der Waals surface area contributed by atoms with Gasteiger partial charge < -0.3 is 4.90 Å². The van der Waals surface area contributed by atoms with E-state index >= 15 is 0 Å². The molecule has 1 fully saturated rings. The molecule has 1 saturated heterocycles. The molecule has 0 spiro atoms. The maximum Gasteiger partial charge on any atom is 0.238 e. The van der Waals surface area contributed by atoms with Crippen LogP contribution in [-0.2, 0) is 9.05 Å². The van der Waals surface area contributed by atoms with Gasteiger partial charge in [0.05, 0.1) is 4.75 Å². The van der Waals surface area contributed by atoms with Crippen LogP contribution in [0.25, 0.3) is 0 Å². The first-order valence-electron chi connectivity index (χ1n) is 4.88. The van der Waals surface area contributed by atoms with Gasteiger partial charge in [-0.1, -0.05) is 0 Å². The summed E-state index contributed by atoms with van der Waals surface area (Å²) in [5.41, 5.74) is 0. The zero-order chi connectivity index (χ0) is 11.0. The lowest BCUT2D eigenvalue weighted by Gasteiger charge is -2.37. The highest BCUT2D eigenvalue weighted by Gasteiger charge is 2.41. The molecule has 0 aliphatic carbocycles. The summed E-state index contributed by atoms with van der Waals surface area (Å²) in [6.45, 7) is 5.37. The molecule has 0 unspecified atom stereocenters. The smallest absolute Gasteiger partial charge is 0.238 e.